The van der Waals surface area contributed by atoms with Crippen molar-refractivity contribution in [1.29, 1.82) is 0 Å². The largest absolute Gasteiger partial charge is 0.493 e. The van der Waals surface area contributed by atoms with Gasteiger partial charge in [0.05, 0.1) is 41.7 Å². The van der Waals surface area contributed by atoms with Crippen molar-refractivity contribution in [1.82, 2.24) is 16.1 Å². The highest BCUT2D eigenvalue weighted by atomic mass is 127. The second-order valence-corrected chi connectivity index (χ2v) is 11.5. The first kappa shape index (κ1) is 35.1. The number of hydrogen-bond acceptors (Lipinski definition) is 9. The maximum Gasteiger partial charge on any atom is 0.338 e. The van der Waals surface area contributed by atoms with Gasteiger partial charge in [-0.05, 0) is 91.2 Å². The molecule has 1 heterocycles. The first-order valence-corrected chi connectivity index (χ1v) is 15.9. The number of halogens is 1. The monoisotopic (exact) mass is 756 g/mol. The lowest BCUT2D eigenvalue weighted by molar-refractivity contribution is -0.139. The highest BCUT2D eigenvalue weighted by molar-refractivity contribution is 14.1. The molecular formula is C34H37IN4O8. The lowest BCUT2D eigenvalue weighted by Gasteiger charge is -2.28. The molecular weight excluding hydrogens is 719 g/mol. The molecule has 0 saturated heterocycles. The summed E-state index contributed by atoms with van der Waals surface area (Å²) in [5.41, 5.74) is 6.61. The molecule has 4 rings (SSSR count). The van der Waals surface area contributed by atoms with Crippen molar-refractivity contribution in [3.05, 3.63) is 91.7 Å². The molecule has 47 heavy (non-hydrogen) atoms. The average molecular weight is 757 g/mol. The summed E-state index contributed by atoms with van der Waals surface area (Å²) in [6.45, 7) is 7.94. The number of hydrazone groups is 1. The van der Waals surface area contributed by atoms with Crippen molar-refractivity contribution in [3.63, 3.8) is 0 Å². The second-order valence-electron chi connectivity index (χ2n) is 10.3. The van der Waals surface area contributed by atoms with Gasteiger partial charge in [-0.2, -0.15) is 5.10 Å². The third-order valence-corrected chi connectivity index (χ3v) is 7.68. The molecule has 0 fully saturated rings. The van der Waals surface area contributed by atoms with E-state index in [4.69, 9.17) is 23.7 Å². The average Bonchev–Trinajstić information content (AvgIpc) is 3.04. The summed E-state index contributed by atoms with van der Waals surface area (Å²) >= 11 is 2.18. The van der Waals surface area contributed by atoms with E-state index >= 15 is 0 Å². The number of amides is 3. The molecule has 0 aliphatic carbocycles. The number of methoxy groups -OCH3 is 1. The minimum Gasteiger partial charge on any atom is -0.493 e. The van der Waals surface area contributed by atoms with E-state index in [1.165, 1.54) is 18.9 Å². The van der Waals surface area contributed by atoms with Crippen molar-refractivity contribution in [2.75, 3.05) is 26.9 Å². The van der Waals surface area contributed by atoms with E-state index in [2.05, 4.69) is 43.8 Å². The number of aryl methyl sites for hydroxylation is 1. The summed E-state index contributed by atoms with van der Waals surface area (Å²) in [6, 6.07) is 15.5. The van der Waals surface area contributed by atoms with Crippen molar-refractivity contribution >= 4 is 46.7 Å². The lowest BCUT2D eigenvalue weighted by atomic mass is 9.95. The van der Waals surface area contributed by atoms with Crippen LogP contribution in [0.25, 0.3) is 0 Å². The highest BCUT2D eigenvalue weighted by Gasteiger charge is 2.32. The maximum atomic E-state index is 12.6. The highest BCUT2D eigenvalue weighted by Crippen LogP contribution is 2.36. The molecule has 0 saturated carbocycles. The molecule has 1 aliphatic heterocycles. The predicted molar refractivity (Wildman–Crippen MR) is 184 cm³/mol. The van der Waals surface area contributed by atoms with Crippen LogP contribution in [0, 0.1) is 10.5 Å². The Balaban J connectivity index is 1.38. The van der Waals surface area contributed by atoms with Gasteiger partial charge in [-0.15, -0.1) is 0 Å². The Bertz CT molecular complexity index is 1670. The fraction of sp³-hybridized carbons (Fsp3) is 0.294. The number of hydrogen-bond donors (Lipinski definition) is 3. The zero-order chi connectivity index (χ0) is 33.9. The SMILES string of the molecule is CCOC(=O)C1=C(C)NC(=O)N[C@@H]1c1ccc(OCC(=O)N/N=C\c2cc(I)c(OCc3ccc(C)cc3)c(OCC)c2)c(OC)c1. The summed E-state index contributed by atoms with van der Waals surface area (Å²) in [6.07, 6.45) is 1.51. The number of benzene rings is 3. The number of allylic oxidation sites excluding steroid dienone is 1. The third-order valence-electron chi connectivity index (χ3n) is 6.88. The van der Waals surface area contributed by atoms with E-state index < -0.39 is 23.9 Å². The number of ether oxygens (including phenoxy) is 5. The number of carbonyl (C=O) groups is 3. The zero-order valence-electron chi connectivity index (χ0n) is 26.8. The van der Waals surface area contributed by atoms with Gasteiger partial charge in [-0.25, -0.2) is 15.0 Å². The molecule has 3 amide bonds. The van der Waals surface area contributed by atoms with Crippen LogP contribution in [0.15, 0.2) is 71.0 Å². The minimum atomic E-state index is -0.775. The second kappa shape index (κ2) is 16.7. The third kappa shape index (κ3) is 9.37. The van der Waals surface area contributed by atoms with Gasteiger partial charge in [0, 0.05) is 5.70 Å². The number of nitrogens with one attached hydrogen (secondary N) is 3. The summed E-state index contributed by atoms with van der Waals surface area (Å²) in [5.74, 6) is 0.737. The van der Waals surface area contributed by atoms with Gasteiger partial charge < -0.3 is 34.3 Å². The Labute approximate surface area is 287 Å². The molecule has 0 bridgehead atoms. The van der Waals surface area contributed by atoms with Gasteiger partial charge in [0.1, 0.15) is 6.61 Å². The first-order chi connectivity index (χ1) is 22.6. The Kier molecular flexibility index (Phi) is 12.4. The normalized spacial score (nSPS) is 14.3. The van der Waals surface area contributed by atoms with Crippen molar-refractivity contribution in [2.24, 2.45) is 5.10 Å². The van der Waals surface area contributed by atoms with Crippen LogP contribution in [0.1, 0.15) is 49.1 Å². The standard InChI is InChI=1S/C34H37IN4O8/c1-6-44-28-15-23(14-25(35)32(28)47-18-22-10-8-20(3)9-11-22)17-36-39-29(40)19-46-26-13-12-24(16-27(26)43-5)31-30(33(41)45-7-2)21(4)37-34(42)38-31/h8-17,31H,6-7,18-19H2,1-5H3,(H,39,40)(H2,37,38,42)/b36-17-/t31-/m1/s1. The van der Waals surface area contributed by atoms with Crippen LogP contribution in [-0.4, -0.2) is 51.1 Å². The van der Waals surface area contributed by atoms with E-state index in [0.29, 0.717) is 47.3 Å². The Hall–Kier alpha value is -4.79. The molecule has 1 atom stereocenters. The predicted octanol–water partition coefficient (Wildman–Crippen LogP) is 5.31. The van der Waals surface area contributed by atoms with Gasteiger partial charge in [0.25, 0.3) is 5.91 Å². The topological polar surface area (TPSA) is 146 Å². The van der Waals surface area contributed by atoms with Crippen LogP contribution in [-0.2, 0) is 20.9 Å². The molecule has 0 aromatic heterocycles. The number of rotatable bonds is 14. The summed E-state index contributed by atoms with van der Waals surface area (Å²) < 4.78 is 29.1. The molecule has 0 radical (unpaired) electrons. The van der Waals surface area contributed by atoms with Crippen LogP contribution in [0.2, 0.25) is 0 Å². The maximum absolute atomic E-state index is 12.6. The fourth-order valence-corrected chi connectivity index (χ4v) is 5.45. The summed E-state index contributed by atoms with van der Waals surface area (Å²) in [7, 11) is 1.45. The van der Waals surface area contributed by atoms with Gasteiger partial charge in [-0.3, -0.25) is 4.79 Å². The number of carbonyl (C=O) groups excluding carboxylic acids is 3. The van der Waals surface area contributed by atoms with Gasteiger partial charge in [0.2, 0.25) is 0 Å². The zero-order valence-corrected chi connectivity index (χ0v) is 28.9. The first-order valence-electron chi connectivity index (χ1n) is 14.9. The Morgan fingerprint density at radius 3 is 2.43 bits per heavy atom. The van der Waals surface area contributed by atoms with Crippen molar-refractivity contribution in [3.8, 4) is 23.0 Å². The molecule has 3 N–H and O–H groups in total. The molecule has 12 nitrogen and oxygen atoms in total. The van der Waals surface area contributed by atoms with Crippen LogP contribution in [0.3, 0.4) is 0 Å². The van der Waals surface area contributed by atoms with Crippen molar-refractivity contribution in [2.45, 2.75) is 40.3 Å². The van der Waals surface area contributed by atoms with E-state index in [9.17, 15) is 14.4 Å². The van der Waals surface area contributed by atoms with Crippen LogP contribution < -0.4 is 35.0 Å². The molecule has 0 spiro atoms. The number of nitrogens with zero attached hydrogens (tertiary/aromatic N) is 1. The number of urea groups is 1. The van der Waals surface area contributed by atoms with Gasteiger partial charge >= 0.3 is 12.0 Å². The lowest BCUT2D eigenvalue weighted by Crippen LogP contribution is -2.45. The van der Waals surface area contributed by atoms with Crippen molar-refractivity contribution < 1.29 is 38.1 Å². The van der Waals surface area contributed by atoms with E-state index in [1.807, 2.05) is 44.2 Å². The smallest absolute Gasteiger partial charge is 0.338 e. The Morgan fingerprint density at radius 2 is 1.72 bits per heavy atom. The minimum absolute atomic E-state index is 0.183. The fourth-order valence-electron chi connectivity index (χ4n) is 4.67. The van der Waals surface area contributed by atoms with Crippen LogP contribution >= 0.6 is 22.6 Å². The summed E-state index contributed by atoms with van der Waals surface area (Å²) in [4.78, 5) is 37.4. The van der Waals surface area contributed by atoms with Crippen LogP contribution in [0.5, 0.6) is 23.0 Å². The van der Waals surface area contributed by atoms with Gasteiger partial charge in [-0.1, -0.05) is 35.9 Å². The van der Waals surface area contributed by atoms with Crippen LogP contribution in [0.4, 0.5) is 4.79 Å². The van der Waals surface area contributed by atoms with E-state index in [0.717, 1.165) is 9.13 Å². The molecule has 0 unspecified atom stereocenters. The van der Waals surface area contributed by atoms with E-state index in [1.54, 1.807) is 38.1 Å². The number of esters is 1. The molecule has 3 aromatic carbocycles. The molecule has 3 aromatic rings. The molecule has 1 aliphatic rings. The quantitative estimate of drug-likeness (QED) is 0.0870. The summed E-state index contributed by atoms with van der Waals surface area (Å²) in [5, 5.41) is 9.41. The Morgan fingerprint density at radius 1 is 0.957 bits per heavy atom. The van der Waals surface area contributed by atoms with Gasteiger partial charge in [0.15, 0.2) is 29.6 Å². The van der Waals surface area contributed by atoms with E-state index in [-0.39, 0.29) is 24.5 Å². The molecule has 13 heteroatoms. The molecule has 248 valence electrons.